The van der Waals surface area contributed by atoms with E-state index in [9.17, 15) is 8.42 Å². The van der Waals surface area contributed by atoms with Crippen molar-refractivity contribution in [2.24, 2.45) is 0 Å². The maximum atomic E-state index is 11.9. The van der Waals surface area contributed by atoms with Crippen LogP contribution in [0.5, 0.6) is 0 Å². The molecule has 4 heteroatoms. The first-order chi connectivity index (χ1) is 7.65. The third-order valence-corrected chi connectivity index (χ3v) is 4.99. The van der Waals surface area contributed by atoms with Crippen molar-refractivity contribution in [3.05, 3.63) is 35.9 Å². The Balaban J connectivity index is 2.29. The first-order valence-corrected chi connectivity index (χ1v) is 7.30. The minimum Gasteiger partial charge on any atom is -0.212 e. The predicted molar refractivity (Wildman–Crippen MR) is 64.6 cm³/mol. The average Bonchev–Trinajstić information content (AvgIpc) is 2.80. The molecule has 0 amide bonds. The minimum atomic E-state index is -3.06. The molecule has 0 N–H and O–H groups in total. The average molecular weight is 239 g/mol. The smallest absolute Gasteiger partial charge is 0.212 e. The quantitative estimate of drug-likeness (QED) is 0.810. The summed E-state index contributed by atoms with van der Waals surface area (Å²) in [6.45, 7) is 2.37. The second kappa shape index (κ2) is 4.55. The molecule has 0 saturated carbocycles. The zero-order chi connectivity index (χ0) is 11.6. The molecule has 3 nitrogen and oxygen atoms in total. The molecule has 0 bridgehead atoms. The van der Waals surface area contributed by atoms with Gasteiger partial charge in [0.05, 0.1) is 5.75 Å². The molecule has 0 aliphatic carbocycles. The van der Waals surface area contributed by atoms with Crippen molar-refractivity contribution in [2.75, 3.05) is 12.3 Å². The fourth-order valence-electron chi connectivity index (χ4n) is 2.25. The van der Waals surface area contributed by atoms with Gasteiger partial charge in [0.2, 0.25) is 10.0 Å². The van der Waals surface area contributed by atoms with Crippen molar-refractivity contribution >= 4 is 10.0 Å². The van der Waals surface area contributed by atoms with Gasteiger partial charge >= 0.3 is 0 Å². The van der Waals surface area contributed by atoms with Crippen LogP contribution in [0.2, 0.25) is 0 Å². The van der Waals surface area contributed by atoms with Crippen LogP contribution in [0.3, 0.4) is 0 Å². The molecule has 1 aliphatic rings. The highest BCUT2D eigenvalue weighted by Crippen LogP contribution is 2.33. The Labute approximate surface area is 97.1 Å². The summed E-state index contributed by atoms with van der Waals surface area (Å²) >= 11 is 0. The van der Waals surface area contributed by atoms with E-state index in [1.807, 2.05) is 30.3 Å². The summed E-state index contributed by atoms with van der Waals surface area (Å²) in [6, 6.07) is 9.94. The second-order valence-electron chi connectivity index (χ2n) is 4.08. The Hall–Kier alpha value is -0.870. The summed E-state index contributed by atoms with van der Waals surface area (Å²) in [7, 11) is -3.06. The van der Waals surface area contributed by atoms with Crippen molar-refractivity contribution in [1.29, 1.82) is 0 Å². The lowest BCUT2D eigenvalue weighted by Crippen LogP contribution is -2.31. The summed E-state index contributed by atoms with van der Waals surface area (Å²) in [6.07, 6.45) is 1.89. The van der Waals surface area contributed by atoms with Gasteiger partial charge in [0.15, 0.2) is 0 Å². The molecule has 88 valence electrons. The van der Waals surface area contributed by atoms with Crippen molar-refractivity contribution < 1.29 is 8.42 Å². The second-order valence-corrected chi connectivity index (χ2v) is 6.29. The number of hydrogen-bond acceptors (Lipinski definition) is 2. The molecule has 1 aliphatic heterocycles. The molecular formula is C12H17NO2S. The molecule has 0 spiro atoms. The van der Waals surface area contributed by atoms with Crippen LogP contribution in [0.15, 0.2) is 30.3 Å². The van der Waals surface area contributed by atoms with Crippen molar-refractivity contribution in [3.8, 4) is 0 Å². The van der Waals surface area contributed by atoms with Crippen molar-refractivity contribution in [3.63, 3.8) is 0 Å². The standard InChI is InChI=1S/C12H17NO2S/c1-2-16(14,15)13-10-6-9-12(13)11-7-4-3-5-8-11/h3-5,7-8,12H,2,6,9-10H2,1H3. The predicted octanol–water partition coefficient (Wildman–Crippen LogP) is 2.17. The van der Waals surface area contributed by atoms with E-state index in [0.717, 1.165) is 18.4 Å². The van der Waals surface area contributed by atoms with Gasteiger partial charge in [-0.3, -0.25) is 0 Å². The number of benzene rings is 1. The highest BCUT2D eigenvalue weighted by molar-refractivity contribution is 7.89. The minimum absolute atomic E-state index is 0.0474. The van der Waals surface area contributed by atoms with Gasteiger partial charge in [-0.2, -0.15) is 4.31 Å². The van der Waals surface area contributed by atoms with E-state index in [1.165, 1.54) is 0 Å². The van der Waals surface area contributed by atoms with Crippen LogP contribution in [0, 0.1) is 0 Å². The normalized spacial score (nSPS) is 22.4. The lowest BCUT2D eigenvalue weighted by atomic mass is 10.1. The van der Waals surface area contributed by atoms with E-state index in [0.29, 0.717) is 6.54 Å². The fourth-order valence-corrected chi connectivity index (χ4v) is 3.60. The first-order valence-electron chi connectivity index (χ1n) is 5.69. The van der Waals surface area contributed by atoms with Gasteiger partial charge in [-0.15, -0.1) is 0 Å². The number of nitrogens with zero attached hydrogens (tertiary/aromatic N) is 1. The number of sulfonamides is 1. The van der Waals surface area contributed by atoms with Crippen LogP contribution in [-0.2, 0) is 10.0 Å². The highest BCUT2D eigenvalue weighted by Gasteiger charge is 2.33. The summed E-state index contributed by atoms with van der Waals surface area (Å²) in [4.78, 5) is 0. The summed E-state index contributed by atoms with van der Waals surface area (Å²) in [5, 5.41) is 0. The van der Waals surface area contributed by atoms with Crippen LogP contribution >= 0.6 is 0 Å². The van der Waals surface area contributed by atoms with Crippen LogP contribution in [0.25, 0.3) is 0 Å². The Morgan fingerprint density at radius 2 is 2.00 bits per heavy atom. The van der Waals surface area contributed by atoms with Crippen LogP contribution < -0.4 is 0 Å². The van der Waals surface area contributed by atoms with Crippen molar-refractivity contribution in [1.82, 2.24) is 4.31 Å². The highest BCUT2D eigenvalue weighted by atomic mass is 32.2. The van der Waals surface area contributed by atoms with Crippen molar-refractivity contribution in [2.45, 2.75) is 25.8 Å². The monoisotopic (exact) mass is 239 g/mol. The lowest BCUT2D eigenvalue weighted by molar-refractivity contribution is 0.397. The summed E-state index contributed by atoms with van der Waals surface area (Å²) in [5.41, 5.74) is 1.11. The third kappa shape index (κ3) is 2.13. The molecule has 1 aromatic rings. The Morgan fingerprint density at radius 3 is 2.62 bits per heavy atom. The molecule has 1 heterocycles. The van der Waals surface area contributed by atoms with E-state index in [-0.39, 0.29) is 11.8 Å². The van der Waals surface area contributed by atoms with E-state index in [4.69, 9.17) is 0 Å². The van der Waals surface area contributed by atoms with Gasteiger partial charge in [-0.05, 0) is 25.3 Å². The summed E-state index contributed by atoms with van der Waals surface area (Å²) in [5.74, 6) is 0.191. The Kier molecular flexibility index (Phi) is 3.30. The van der Waals surface area contributed by atoms with E-state index < -0.39 is 10.0 Å². The third-order valence-electron chi connectivity index (χ3n) is 3.11. The van der Waals surface area contributed by atoms with Gasteiger partial charge in [-0.1, -0.05) is 30.3 Å². The zero-order valence-electron chi connectivity index (χ0n) is 9.46. The fraction of sp³-hybridized carbons (Fsp3) is 0.500. The van der Waals surface area contributed by atoms with E-state index in [1.54, 1.807) is 11.2 Å². The SMILES string of the molecule is CCS(=O)(=O)N1CCCC1c1ccccc1. The van der Waals surface area contributed by atoms with Gasteiger partial charge in [0.1, 0.15) is 0 Å². The number of hydrogen-bond donors (Lipinski definition) is 0. The molecular weight excluding hydrogens is 222 g/mol. The van der Waals surface area contributed by atoms with Gasteiger partial charge < -0.3 is 0 Å². The van der Waals surface area contributed by atoms with E-state index >= 15 is 0 Å². The molecule has 0 radical (unpaired) electrons. The lowest BCUT2D eigenvalue weighted by Gasteiger charge is -2.23. The van der Waals surface area contributed by atoms with E-state index in [2.05, 4.69) is 0 Å². The van der Waals surface area contributed by atoms with Crippen LogP contribution in [-0.4, -0.2) is 25.0 Å². The molecule has 16 heavy (non-hydrogen) atoms. The zero-order valence-corrected chi connectivity index (χ0v) is 10.3. The topological polar surface area (TPSA) is 37.4 Å². The Bertz CT molecular complexity index is 441. The maximum absolute atomic E-state index is 11.9. The Morgan fingerprint density at radius 1 is 1.31 bits per heavy atom. The molecule has 1 atom stereocenters. The van der Waals surface area contributed by atoms with Crippen LogP contribution in [0.4, 0.5) is 0 Å². The van der Waals surface area contributed by atoms with Crippen LogP contribution in [0.1, 0.15) is 31.4 Å². The molecule has 0 aromatic heterocycles. The summed E-state index contributed by atoms with van der Waals surface area (Å²) < 4.78 is 25.5. The molecule has 2 rings (SSSR count). The molecule has 1 saturated heterocycles. The van der Waals surface area contributed by atoms with Gasteiger partial charge in [0.25, 0.3) is 0 Å². The molecule has 1 unspecified atom stereocenters. The van der Waals surface area contributed by atoms with Gasteiger partial charge in [-0.25, -0.2) is 8.42 Å². The molecule has 1 fully saturated rings. The maximum Gasteiger partial charge on any atom is 0.214 e. The van der Waals surface area contributed by atoms with Gasteiger partial charge in [0, 0.05) is 12.6 Å². The largest absolute Gasteiger partial charge is 0.214 e. The first kappa shape index (κ1) is 11.6. The molecule has 1 aromatic carbocycles. The number of rotatable bonds is 3.